The van der Waals surface area contributed by atoms with Gasteiger partial charge in [-0.2, -0.15) is 13.2 Å². The number of carbonyl (C=O) groups is 1. The third-order valence-electron chi connectivity index (χ3n) is 4.44. The first-order valence-electron chi connectivity index (χ1n) is 9.14. The van der Waals surface area contributed by atoms with E-state index in [2.05, 4.69) is 10.4 Å². The molecule has 2 heterocycles. The van der Waals surface area contributed by atoms with Gasteiger partial charge in [-0.15, -0.1) is 0 Å². The smallest absolute Gasteiger partial charge is 0.407 e. The van der Waals surface area contributed by atoms with Crippen LogP contribution in [0.25, 0.3) is 11.4 Å². The maximum atomic E-state index is 12.8. The van der Waals surface area contributed by atoms with Crippen molar-refractivity contribution in [3.8, 4) is 22.9 Å². The fourth-order valence-corrected chi connectivity index (χ4v) is 2.99. The molecule has 1 amide bonds. The van der Waals surface area contributed by atoms with Gasteiger partial charge in [-0.3, -0.25) is 15.2 Å². The van der Waals surface area contributed by atoms with Crippen molar-refractivity contribution < 1.29 is 32.5 Å². The van der Waals surface area contributed by atoms with Crippen molar-refractivity contribution in [3.05, 3.63) is 30.1 Å². The first kappa shape index (κ1) is 22.4. The van der Waals surface area contributed by atoms with Crippen LogP contribution in [0.5, 0.6) is 11.5 Å². The summed E-state index contributed by atoms with van der Waals surface area (Å²) in [6.45, 7) is -1.37. The van der Waals surface area contributed by atoms with Crippen LogP contribution in [0.4, 0.5) is 13.2 Å². The summed E-state index contributed by atoms with van der Waals surface area (Å²) in [5, 5.41) is 18.0. The van der Waals surface area contributed by atoms with Crippen molar-refractivity contribution in [2.45, 2.75) is 18.8 Å². The Balaban J connectivity index is 1.90. The number of imidazole rings is 1. The Morgan fingerprint density at radius 1 is 1.52 bits per heavy atom. The molecular weight excluding hydrogens is 421 g/mol. The fourth-order valence-electron chi connectivity index (χ4n) is 2.99. The van der Waals surface area contributed by atoms with Crippen molar-refractivity contribution in [2.24, 2.45) is 5.73 Å². The number of nitrogens with two attached hydrogens (primary N) is 1. The van der Waals surface area contributed by atoms with E-state index in [9.17, 15) is 23.1 Å². The Kier molecular flexibility index (Phi) is 6.36. The van der Waals surface area contributed by atoms with Crippen LogP contribution in [0.1, 0.15) is 5.69 Å². The number of aliphatic hydroxyl groups excluding tert-OH is 1. The van der Waals surface area contributed by atoms with Crippen molar-refractivity contribution in [1.82, 2.24) is 20.0 Å². The number of nitrogens with one attached hydrogen (secondary N) is 2. The molecule has 3 rings (SSSR count). The number of rotatable bonds is 7. The van der Waals surface area contributed by atoms with E-state index in [1.54, 1.807) is 10.6 Å². The lowest BCUT2D eigenvalue weighted by atomic mass is 10.1. The molecule has 5 N–H and O–H groups in total. The van der Waals surface area contributed by atoms with Gasteiger partial charge in [-0.25, -0.2) is 10.4 Å². The quantitative estimate of drug-likeness (QED) is 0.278. The maximum Gasteiger partial charge on any atom is 0.407 e. The van der Waals surface area contributed by atoms with Gasteiger partial charge in [0.1, 0.15) is 36.2 Å². The number of amides is 1. The molecule has 0 fully saturated rings. The van der Waals surface area contributed by atoms with Gasteiger partial charge in [0.05, 0.1) is 18.7 Å². The van der Waals surface area contributed by atoms with Crippen molar-refractivity contribution in [3.63, 3.8) is 0 Å². The molecule has 1 aromatic carbocycles. The number of fused-ring (bicyclic) bond motifs is 3. The van der Waals surface area contributed by atoms with Crippen LogP contribution < -0.4 is 20.6 Å². The highest BCUT2D eigenvalue weighted by molar-refractivity contribution is 5.95. The number of carbonyl (C=O) groups excluding carboxylic acids is 1. The number of aliphatic hydroxyl groups is 1. The zero-order valence-electron chi connectivity index (χ0n) is 16.4. The summed E-state index contributed by atoms with van der Waals surface area (Å²) < 4.78 is 51.1. The van der Waals surface area contributed by atoms with E-state index in [0.717, 1.165) is 0 Å². The van der Waals surface area contributed by atoms with Gasteiger partial charge in [0, 0.05) is 19.3 Å². The highest BCUT2D eigenvalue weighted by atomic mass is 19.4. The van der Waals surface area contributed by atoms with E-state index < -0.39 is 37.2 Å². The number of amidine groups is 1. The Bertz CT molecular complexity index is 978. The molecule has 0 aliphatic carbocycles. The van der Waals surface area contributed by atoms with Gasteiger partial charge < -0.3 is 24.9 Å². The number of hydrogen-bond donors (Lipinski definition) is 4. The molecule has 0 unspecified atom stereocenters. The monoisotopic (exact) mass is 442 g/mol. The minimum atomic E-state index is -4.50. The summed E-state index contributed by atoms with van der Waals surface area (Å²) in [6, 6.07) is 4.62. The first-order chi connectivity index (χ1) is 14.6. The second kappa shape index (κ2) is 8.81. The molecule has 0 saturated carbocycles. The van der Waals surface area contributed by atoms with Crippen LogP contribution in [-0.4, -0.2) is 70.5 Å². The number of benzene rings is 1. The molecule has 13 heteroatoms. The minimum absolute atomic E-state index is 0.0517. The summed E-state index contributed by atoms with van der Waals surface area (Å²) in [5.74, 6) is -0.270. The fraction of sp³-hybridized carbons (Fsp3) is 0.389. The third-order valence-corrected chi connectivity index (χ3v) is 4.44. The van der Waals surface area contributed by atoms with E-state index in [4.69, 9.17) is 20.6 Å². The molecule has 0 bridgehead atoms. The SMILES string of the molecule is CNN(CC(F)(F)F)C(=N)c1cn2c(n1)-c1ccc(O[C@@H](CO)C(N)=O)cc1OCC2. The number of hydrazine groups is 1. The maximum absolute atomic E-state index is 12.8. The predicted octanol–water partition coefficient (Wildman–Crippen LogP) is 0.492. The van der Waals surface area contributed by atoms with Gasteiger partial charge in [-0.05, 0) is 12.1 Å². The number of nitrogens with zero attached hydrogens (tertiary/aromatic N) is 3. The lowest BCUT2D eigenvalue weighted by molar-refractivity contribution is -0.141. The molecule has 1 aromatic heterocycles. The number of primary amides is 1. The Morgan fingerprint density at radius 2 is 2.26 bits per heavy atom. The van der Waals surface area contributed by atoms with Gasteiger partial charge in [0.2, 0.25) is 0 Å². The summed E-state index contributed by atoms with van der Waals surface area (Å²) in [5.41, 5.74) is 8.08. The molecule has 1 aliphatic rings. The van der Waals surface area contributed by atoms with Crippen molar-refractivity contribution in [1.29, 1.82) is 5.41 Å². The number of aromatic nitrogens is 2. The van der Waals surface area contributed by atoms with Crippen LogP contribution >= 0.6 is 0 Å². The zero-order valence-corrected chi connectivity index (χ0v) is 16.4. The number of hydrogen-bond acceptors (Lipinski definition) is 7. The van der Waals surface area contributed by atoms with Crippen LogP contribution in [0.2, 0.25) is 0 Å². The second-order valence-electron chi connectivity index (χ2n) is 6.61. The summed E-state index contributed by atoms with van der Waals surface area (Å²) in [6.07, 6.45) is -4.24. The minimum Gasteiger partial charge on any atom is -0.491 e. The Hall–Kier alpha value is -3.32. The third kappa shape index (κ3) is 5.06. The van der Waals surface area contributed by atoms with E-state index in [-0.39, 0.29) is 18.1 Å². The molecular formula is C18H21F3N6O4. The zero-order chi connectivity index (χ0) is 22.8. The highest BCUT2D eigenvalue weighted by Crippen LogP contribution is 2.35. The molecule has 0 spiro atoms. The highest BCUT2D eigenvalue weighted by Gasteiger charge is 2.33. The number of halogens is 3. The molecule has 2 aromatic rings. The van der Waals surface area contributed by atoms with Crippen molar-refractivity contribution >= 4 is 11.7 Å². The molecule has 10 nitrogen and oxygen atoms in total. The molecule has 31 heavy (non-hydrogen) atoms. The standard InChI is InChI=1S/C18H21F3N6O4/c1-24-27(9-18(19,20)21)15(22)12-7-26-4-5-30-13-6-10(31-14(8-28)16(23)29)2-3-11(13)17(26)25-12/h2-3,6-7,14,22,24,28H,4-5,8-9H2,1H3,(H2,23,29)/t14-/m0/s1. The van der Waals surface area contributed by atoms with E-state index in [0.29, 0.717) is 28.7 Å². The van der Waals surface area contributed by atoms with E-state index in [1.807, 2.05) is 0 Å². The van der Waals surface area contributed by atoms with E-state index >= 15 is 0 Å². The van der Waals surface area contributed by atoms with Crippen LogP contribution in [-0.2, 0) is 11.3 Å². The van der Waals surface area contributed by atoms with Gasteiger partial charge in [0.25, 0.3) is 5.91 Å². The number of ether oxygens (including phenoxy) is 2. The second-order valence-corrected chi connectivity index (χ2v) is 6.61. The van der Waals surface area contributed by atoms with Crippen LogP contribution in [0, 0.1) is 5.41 Å². The summed E-state index contributed by atoms with van der Waals surface area (Å²) >= 11 is 0. The normalized spacial score (nSPS) is 14.0. The Labute approximate surface area is 174 Å². The number of alkyl halides is 3. The summed E-state index contributed by atoms with van der Waals surface area (Å²) in [7, 11) is 1.29. The lowest BCUT2D eigenvalue weighted by Crippen LogP contribution is -2.46. The largest absolute Gasteiger partial charge is 0.491 e. The predicted molar refractivity (Wildman–Crippen MR) is 103 cm³/mol. The van der Waals surface area contributed by atoms with Crippen molar-refractivity contribution in [2.75, 3.05) is 26.8 Å². The lowest BCUT2D eigenvalue weighted by Gasteiger charge is -2.23. The van der Waals surface area contributed by atoms with Gasteiger partial charge in [0.15, 0.2) is 11.9 Å². The molecule has 1 atom stereocenters. The van der Waals surface area contributed by atoms with Gasteiger partial charge >= 0.3 is 6.18 Å². The average Bonchev–Trinajstić information content (AvgIpc) is 3.05. The molecule has 1 aliphatic heterocycles. The molecule has 168 valence electrons. The molecule has 0 radical (unpaired) electrons. The molecule has 0 saturated heterocycles. The summed E-state index contributed by atoms with van der Waals surface area (Å²) in [4.78, 5) is 15.6. The average molecular weight is 442 g/mol. The topological polar surface area (TPSA) is 139 Å². The first-order valence-corrected chi connectivity index (χ1v) is 9.14. The van der Waals surface area contributed by atoms with Crippen LogP contribution in [0.3, 0.4) is 0 Å². The van der Waals surface area contributed by atoms with Crippen LogP contribution in [0.15, 0.2) is 24.4 Å². The van der Waals surface area contributed by atoms with E-state index in [1.165, 1.54) is 25.4 Å². The Morgan fingerprint density at radius 3 is 2.87 bits per heavy atom. The van der Waals surface area contributed by atoms with Gasteiger partial charge in [-0.1, -0.05) is 0 Å².